The van der Waals surface area contributed by atoms with Crippen molar-refractivity contribution in [3.63, 3.8) is 0 Å². The normalized spacial score (nSPS) is 33.1. The summed E-state index contributed by atoms with van der Waals surface area (Å²) in [4.78, 5) is 32.1. The molecule has 7 atom stereocenters. The zero-order chi connectivity index (χ0) is 22.0. The van der Waals surface area contributed by atoms with Crippen molar-refractivity contribution >= 4 is 46.1 Å². The number of fused-ring (bicyclic) bond motifs is 1. The Bertz CT molecular complexity index is 1080. The van der Waals surface area contributed by atoms with E-state index < -0.39 is 0 Å². The molecule has 5 aliphatic rings. The average molecular weight is 470 g/mol. The third-order valence-electron chi connectivity index (χ3n) is 8.02. The van der Waals surface area contributed by atoms with Gasteiger partial charge in [0, 0.05) is 45.4 Å². The third-order valence-corrected chi connectivity index (χ3v) is 9.50. The Balaban J connectivity index is 0.982. The first-order valence-corrected chi connectivity index (χ1v) is 13.1. The molecule has 3 fully saturated rings. The lowest BCUT2D eigenvalue weighted by Crippen LogP contribution is -2.40. The Morgan fingerprint density at radius 1 is 1.12 bits per heavy atom. The molecule has 2 saturated carbocycles. The van der Waals surface area contributed by atoms with Crippen LogP contribution in [0.1, 0.15) is 25.7 Å². The number of amides is 2. The van der Waals surface area contributed by atoms with Crippen LogP contribution in [-0.4, -0.2) is 40.0 Å². The van der Waals surface area contributed by atoms with E-state index in [2.05, 4.69) is 17.1 Å². The number of rotatable bonds is 8. The quantitative estimate of drug-likeness (QED) is 0.259. The molecule has 7 heteroatoms. The maximum absolute atomic E-state index is 13.0. The molecular weight excluding hydrogens is 442 g/mol. The van der Waals surface area contributed by atoms with Gasteiger partial charge in [-0.2, -0.15) is 0 Å². The number of halogens is 1. The molecule has 2 aromatic rings. The number of imide groups is 1. The van der Waals surface area contributed by atoms with Crippen molar-refractivity contribution in [2.24, 2.45) is 41.2 Å². The maximum Gasteiger partial charge on any atom is 0.233 e. The van der Waals surface area contributed by atoms with Crippen LogP contribution in [0.2, 0.25) is 5.02 Å². The van der Waals surface area contributed by atoms with Crippen molar-refractivity contribution in [3.05, 3.63) is 41.6 Å². The van der Waals surface area contributed by atoms with Gasteiger partial charge in [0.05, 0.1) is 11.8 Å². The minimum Gasteiger partial charge on any atom is -0.360 e. The largest absolute Gasteiger partial charge is 0.360 e. The number of likely N-dealkylation sites (tertiary alicyclic amines) is 1. The van der Waals surface area contributed by atoms with E-state index in [0.717, 1.165) is 45.8 Å². The molecule has 168 valence electrons. The van der Waals surface area contributed by atoms with Crippen LogP contribution >= 0.6 is 23.4 Å². The number of aromatic nitrogens is 1. The summed E-state index contributed by atoms with van der Waals surface area (Å²) < 4.78 is 0. The predicted octanol–water partition coefficient (Wildman–Crippen LogP) is 4.46. The number of unbranched alkanes of at least 4 members (excludes halogenated alkanes) is 1. The van der Waals surface area contributed by atoms with Crippen LogP contribution in [0.3, 0.4) is 0 Å². The second-order valence-corrected chi connectivity index (χ2v) is 11.4. The second-order valence-electron chi connectivity index (χ2n) is 9.89. The Kier molecular flexibility index (Phi) is 5.16. The number of thioether (sulfide) groups is 1. The smallest absolute Gasteiger partial charge is 0.233 e. The Hall–Kier alpha value is -1.76. The molecule has 1 aromatic heterocycles. The first kappa shape index (κ1) is 20.8. The number of hydrogen-bond acceptors (Lipinski definition) is 4. The number of carbonyl (C=O) groups is 2. The highest BCUT2D eigenvalue weighted by Gasteiger charge is 2.66. The number of nitrogens with two attached hydrogens (primary N) is 1. The number of H-pyrrole nitrogens is 1. The summed E-state index contributed by atoms with van der Waals surface area (Å²) in [6.07, 6.45) is 10.3. The van der Waals surface area contributed by atoms with Crippen LogP contribution in [0.5, 0.6) is 0 Å². The van der Waals surface area contributed by atoms with Crippen molar-refractivity contribution in [2.45, 2.75) is 36.6 Å². The number of benzene rings is 1. The molecule has 2 heterocycles. The molecule has 1 saturated heterocycles. The van der Waals surface area contributed by atoms with Gasteiger partial charge in [-0.1, -0.05) is 30.2 Å². The summed E-state index contributed by atoms with van der Waals surface area (Å²) in [5.74, 6) is 2.77. The summed E-state index contributed by atoms with van der Waals surface area (Å²) >= 11 is 7.88. The molecule has 3 N–H and O–H groups in total. The highest BCUT2D eigenvalue weighted by Crippen LogP contribution is 2.65. The van der Waals surface area contributed by atoms with E-state index in [1.54, 1.807) is 16.7 Å². The first-order valence-electron chi connectivity index (χ1n) is 11.7. The van der Waals surface area contributed by atoms with Crippen LogP contribution in [0.4, 0.5) is 0 Å². The van der Waals surface area contributed by atoms with E-state index in [9.17, 15) is 9.59 Å². The van der Waals surface area contributed by atoms with Crippen molar-refractivity contribution in [3.8, 4) is 0 Å². The van der Waals surface area contributed by atoms with Crippen LogP contribution in [-0.2, 0) is 9.59 Å². The van der Waals surface area contributed by atoms with Gasteiger partial charge in [0.2, 0.25) is 11.8 Å². The molecule has 0 spiro atoms. The van der Waals surface area contributed by atoms with Crippen molar-refractivity contribution in [1.29, 1.82) is 0 Å². The number of allylic oxidation sites excluding steroid dienone is 2. The summed E-state index contributed by atoms with van der Waals surface area (Å²) in [5, 5.41) is 1.86. The zero-order valence-corrected chi connectivity index (χ0v) is 19.4. The lowest BCUT2D eigenvalue weighted by atomic mass is 9.63. The Morgan fingerprint density at radius 2 is 1.84 bits per heavy atom. The maximum atomic E-state index is 13.0. The van der Waals surface area contributed by atoms with Gasteiger partial charge in [0.1, 0.15) is 0 Å². The molecule has 1 aromatic carbocycles. The van der Waals surface area contributed by atoms with Crippen LogP contribution in [0.15, 0.2) is 41.4 Å². The molecule has 32 heavy (non-hydrogen) atoms. The summed E-state index contributed by atoms with van der Waals surface area (Å²) in [6.45, 7) is 0.542. The lowest BCUT2D eigenvalue weighted by molar-refractivity contribution is -0.140. The Labute approximate surface area is 197 Å². The number of nitrogens with one attached hydrogen (secondary N) is 1. The van der Waals surface area contributed by atoms with E-state index in [4.69, 9.17) is 17.3 Å². The summed E-state index contributed by atoms with van der Waals surface area (Å²) in [6, 6.07) is 5.93. The van der Waals surface area contributed by atoms with Crippen molar-refractivity contribution < 1.29 is 9.59 Å². The standard InChI is InChI=1S/C25H28ClN3O2S/c26-13-4-7-20-19(9-13)21(11-28-20)32-12-14(27)3-1-2-8-29-24(30)22-15-5-6-16(18-10-17(15)18)23(22)25(29)31/h4-7,9,11,14-18,22-23,28H,1-3,8,10,12,27H2. The fourth-order valence-electron chi connectivity index (χ4n) is 6.38. The minimum absolute atomic E-state index is 0.0730. The number of carbonyl (C=O) groups excluding carboxylic acids is 2. The van der Waals surface area contributed by atoms with Crippen LogP contribution in [0.25, 0.3) is 10.9 Å². The van der Waals surface area contributed by atoms with Gasteiger partial charge in [0.25, 0.3) is 0 Å². The van der Waals surface area contributed by atoms with Crippen LogP contribution in [0, 0.1) is 35.5 Å². The van der Waals surface area contributed by atoms with Gasteiger partial charge in [-0.05, 0) is 61.1 Å². The van der Waals surface area contributed by atoms with Gasteiger partial charge >= 0.3 is 0 Å². The topological polar surface area (TPSA) is 79.2 Å². The lowest BCUT2D eigenvalue weighted by Gasteiger charge is -2.37. The van der Waals surface area contributed by atoms with Gasteiger partial charge in [-0.15, -0.1) is 11.8 Å². The highest BCUT2D eigenvalue weighted by molar-refractivity contribution is 7.99. The summed E-state index contributed by atoms with van der Waals surface area (Å²) in [7, 11) is 0. The SMILES string of the molecule is NC(CCCCN1C(=O)C2C3C=CC(C4CC34)C2C1=O)CSc1c[nH]c2ccc(Cl)cc12. The fraction of sp³-hybridized carbons (Fsp3) is 0.520. The molecular formula is C25H28ClN3O2S. The molecule has 2 amide bonds. The van der Waals surface area contributed by atoms with E-state index in [1.165, 1.54) is 6.42 Å². The van der Waals surface area contributed by atoms with Crippen molar-refractivity contribution in [2.75, 3.05) is 12.3 Å². The van der Waals surface area contributed by atoms with E-state index in [0.29, 0.717) is 30.2 Å². The van der Waals surface area contributed by atoms with E-state index in [-0.39, 0.29) is 29.7 Å². The molecule has 2 bridgehead atoms. The fourth-order valence-corrected chi connectivity index (χ4v) is 7.58. The Morgan fingerprint density at radius 3 is 2.56 bits per heavy atom. The zero-order valence-electron chi connectivity index (χ0n) is 17.9. The molecule has 7 unspecified atom stereocenters. The number of aromatic amines is 1. The summed E-state index contributed by atoms with van der Waals surface area (Å²) in [5.41, 5.74) is 7.44. The molecule has 7 rings (SSSR count). The molecule has 5 nitrogen and oxygen atoms in total. The van der Waals surface area contributed by atoms with Gasteiger partial charge in [-0.25, -0.2) is 0 Å². The van der Waals surface area contributed by atoms with E-state index in [1.807, 2.05) is 24.4 Å². The second kappa shape index (κ2) is 7.93. The van der Waals surface area contributed by atoms with Gasteiger partial charge < -0.3 is 10.7 Å². The molecule has 0 radical (unpaired) electrons. The van der Waals surface area contributed by atoms with Gasteiger partial charge in [-0.3, -0.25) is 14.5 Å². The first-order chi connectivity index (χ1) is 15.5. The van der Waals surface area contributed by atoms with Gasteiger partial charge in [0.15, 0.2) is 0 Å². The monoisotopic (exact) mass is 469 g/mol. The van der Waals surface area contributed by atoms with Crippen molar-refractivity contribution in [1.82, 2.24) is 9.88 Å². The highest BCUT2D eigenvalue weighted by atomic mass is 35.5. The third kappa shape index (κ3) is 3.34. The number of nitrogens with zero attached hydrogens (tertiary/aromatic N) is 1. The molecule has 4 aliphatic carbocycles. The molecule has 1 aliphatic heterocycles. The average Bonchev–Trinajstić information content (AvgIpc) is 3.47. The van der Waals surface area contributed by atoms with Crippen LogP contribution < -0.4 is 5.73 Å². The number of hydrogen-bond donors (Lipinski definition) is 2. The van der Waals surface area contributed by atoms with E-state index >= 15 is 0 Å². The predicted molar refractivity (Wildman–Crippen MR) is 127 cm³/mol. The minimum atomic E-state index is -0.0791.